The van der Waals surface area contributed by atoms with Gasteiger partial charge in [0.15, 0.2) is 5.78 Å². The van der Waals surface area contributed by atoms with Crippen molar-refractivity contribution in [1.82, 2.24) is 9.47 Å². The molecule has 0 radical (unpaired) electrons. The topological polar surface area (TPSA) is 68.3 Å². The number of nitrogens with two attached hydrogens (primary N) is 1. The highest BCUT2D eigenvalue weighted by molar-refractivity contribution is 6.17. The van der Waals surface area contributed by atoms with Crippen molar-refractivity contribution in [2.45, 2.75) is 6.54 Å². The Labute approximate surface area is 140 Å². The third-order valence-corrected chi connectivity index (χ3v) is 4.00. The number of ketones is 1. The van der Waals surface area contributed by atoms with Gasteiger partial charge in [-0.3, -0.25) is 9.36 Å². The third-order valence-electron chi connectivity index (χ3n) is 4.00. The van der Waals surface area contributed by atoms with E-state index in [4.69, 9.17) is 5.73 Å². The van der Waals surface area contributed by atoms with E-state index in [9.17, 15) is 9.59 Å². The molecule has 3 rings (SSSR count). The van der Waals surface area contributed by atoms with Crippen molar-refractivity contribution >= 4 is 22.7 Å². The molecule has 24 heavy (non-hydrogen) atoms. The summed E-state index contributed by atoms with van der Waals surface area (Å²) in [5.41, 5.74) is 8.38. The van der Waals surface area contributed by atoms with Gasteiger partial charge in [-0.1, -0.05) is 42.5 Å². The van der Waals surface area contributed by atoms with Gasteiger partial charge in [0, 0.05) is 43.4 Å². The van der Waals surface area contributed by atoms with Crippen LogP contribution in [0.15, 0.2) is 54.7 Å². The number of hydrogen-bond acceptors (Lipinski definition) is 3. The van der Waals surface area contributed by atoms with Crippen LogP contribution in [-0.4, -0.2) is 35.4 Å². The first-order chi connectivity index (χ1) is 11.5. The lowest BCUT2D eigenvalue weighted by Gasteiger charge is -2.11. The fourth-order valence-electron chi connectivity index (χ4n) is 2.68. The smallest absolute Gasteiger partial charge is 0.328 e. The van der Waals surface area contributed by atoms with E-state index in [0.29, 0.717) is 17.7 Å². The molecular weight excluding hydrogens is 302 g/mol. The van der Waals surface area contributed by atoms with Crippen LogP contribution >= 0.6 is 0 Å². The van der Waals surface area contributed by atoms with Gasteiger partial charge in [0.2, 0.25) is 0 Å². The maximum atomic E-state index is 12.9. The van der Waals surface area contributed by atoms with Gasteiger partial charge in [-0.15, -0.1) is 0 Å². The number of carbonyl (C=O) groups excluding carboxylic acids is 2. The van der Waals surface area contributed by atoms with E-state index in [1.54, 1.807) is 32.4 Å². The van der Waals surface area contributed by atoms with Gasteiger partial charge in [0.25, 0.3) is 0 Å². The Morgan fingerprint density at radius 2 is 1.71 bits per heavy atom. The van der Waals surface area contributed by atoms with Crippen LogP contribution in [0.4, 0.5) is 4.79 Å². The molecule has 122 valence electrons. The highest BCUT2D eigenvalue weighted by Gasteiger charge is 2.19. The van der Waals surface area contributed by atoms with Gasteiger partial charge in [-0.2, -0.15) is 0 Å². The number of fused-ring (bicyclic) bond motifs is 1. The molecule has 0 aliphatic rings. The van der Waals surface area contributed by atoms with Gasteiger partial charge in [-0.05, 0) is 11.6 Å². The lowest BCUT2D eigenvalue weighted by Crippen LogP contribution is -2.26. The molecule has 0 bridgehead atoms. The van der Waals surface area contributed by atoms with E-state index in [-0.39, 0.29) is 11.8 Å². The Bertz CT molecular complexity index is 908. The molecule has 0 fully saturated rings. The van der Waals surface area contributed by atoms with Crippen molar-refractivity contribution in [3.8, 4) is 0 Å². The normalized spacial score (nSPS) is 10.8. The molecular formula is C19H19N3O2. The first-order valence-corrected chi connectivity index (χ1v) is 7.68. The maximum absolute atomic E-state index is 12.9. The molecule has 0 aliphatic carbocycles. The summed E-state index contributed by atoms with van der Waals surface area (Å²) < 4.78 is 1.51. The van der Waals surface area contributed by atoms with Crippen LogP contribution in [0, 0.1) is 0 Å². The zero-order valence-corrected chi connectivity index (χ0v) is 13.7. The Morgan fingerprint density at radius 1 is 1.04 bits per heavy atom. The number of amides is 1. The van der Waals surface area contributed by atoms with Crippen molar-refractivity contribution in [3.63, 3.8) is 0 Å². The van der Waals surface area contributed by atoms with Gasteiger partial charge in [0.05, 0.1) is 5.52 Å². The summed E-state index contributed by atoms with van der Waals surface area (Å²) in [6.45, 7) is 0.436. The molecule has 2 aromatic carbocycles. The fourth-order valence-corrected chi connectivity index (χ4v) is 2.68. The minimum absolute atomic E-state index is 0.111. The van der Waals surface area contributed by atoms with Gasteiger partial charge >= 0.3 is 6.03 Å². The molecule has 0 spiro atoms. The predicted octanol–water partition coefficient (Wildman–Crippen LogP) is 2.86. The Morgan fingerprint density at radius 3 is 2.33 bits per heavy atom. The highest BCUT2D eigenvalue weighted by Crippen LogP contribution is 2.24. The maximum Gasteiger partial charge on any atom is 0.328 e. The van der Waals surface area contributed by atoms with Gasteiger partial charge < -0.3 is 10.6 Å². The van der Waals surface area contributed by atoms with Crippen LogP contribution in [0.2, 0.25) is 0 Å². The summed E-state index contributed by atoms with van der Waals surface area (Å²) in [5, 5.41) is 0.764. The second kappa shape index (κ2) is 6.29. The number of para-hydroxylation sites is 1. The molecule has 5 heteroatoms. The Balaban J connectivity index is 2.11. The van der Waals surface area contributed by atoms with Crippen LogP contribution in [0.1, 0.15) is 21.5 Å². The second-order valence-corrected chi connectivity index (χ2v) is 5.84. The first kappa shape index (κ1) is 16.0. The monoisotopic (exact) mass is 321 g/mol. The van der Waals surface area contributed by atoms with E-state index in [1.807, 2.05) is 36.4 Å². The summed E-state index contributed by atoms with van der Waals surface area (Å²) in [6, 6.07) is 14.4. The van der Waals surface area contributed by atoms with Crippen LogP contribution in [-0.2, 0) is 6.54 Å². The van der Waals surface area contributed by atoms with Crippen LogP contribution < -0.4 is 5.73 Å². The van der Waals surface area contributed by atoms with E-state index >= 15 is 0 Å². The van der Waals surface area contributed by atoms with Gasteiger partial charge in [-0.25, -0.2) is 4.79 Å². The predicted molar refractivity (Wildman–Crippen MR) is 94.2 cm³/mol. The Kier molecular flexibility index (Phi) is 4.18. The summed E-state index contributed by atoms with van der Waals surface area (Å²) in [7, 11) is 3.37. The van der Waals surface area contributed by atoms with Gasteiger partial charge in [0.1, 0.15) is 0 Å². The molecule has 2 N–H and O–H groups in total. The highest BCUT2D eigenvalue weighted by atomic mass is 16.2. The zero-order chi connectivity index (χ0) is 17.3. The van der Waals surface area contributed by atoms with Crippen molar-refractivity contribution in [2.24, 2.45) is 5.73 Å². The zero-order valence-electron chi connectivity index (χ0n) is 13.7. The van der Waals surface area contributed by atoms with Crippen molar-refractivity contribution in [1.29, 1.82) is 0 Å². The quantitative estimate of drug-likeness (QED) is 0.754. The molecule has 0 saturated carbocycles. The average Bonchev–Trinajstić information content (AvgIpc) is 3.00. The molecule has 0 aliphatic heterocycles. The molecule has 3 aromatic rings. The lowest BCUT2D eigenvalue weighted by molar-refractivity contribution is 0.104. The van der Waals surface area contributed by atoms with E-state index < -0.39 is 0 Å². The molecule has 0 saturated heterocycles. The minimum Gasteiger partial charge on any atom is -0.330 e. The van der Waals surface area contributed by atoms with E-state index in [2.05, 4.69) is 0 Å². The molecule has 5 nitrogen and oxygen atoms in total. The number of nitrogens with zero attached hydrogens (tertiary/aromatic N) is 2. The number of aromatic nitrogens is 1. The van der Waals surface area contributed by atoms with Crippen LogP contribution in [0.3, 0.4) is 0 Å². The molecule has 1 heterocycles. The lowest BCUT2D eigenvalue weighted by atomic mass is 10.0. The standard InChI is InChI=1S/C19H19N3O2/c1-21(2)19(24)22-12-16(15-5-3-4-6-17(15)22)18(23)14-9-7-13(11-20)8-10-14/h3-10,12H,11,20H2,1-2H3. The summed E-state index contributed by atoms with van der Waals surface area (Å²) in [5.74, 6) is -0.111. The Hall–Kier alpha value is -2.92. The van der Waals surface area contributed by atoms with Crippen molar-refractivity contribution in [3.05, 3.63) is 71.4 Å². The fraction of sp³-hybridized carbons (Fsp3) is 0.158. The number of hydrogen-bond donors (Lipinski definition) is 1. The molecule has 1 aromatic heterocycles. The largest absolute Gasteiger partial charge is 0.330 e. The number of rotatable bonds is 3. The minimum atomic E-state index is -0.191. The second-order valence-electron chi connectivity index (χ2n) is 5.84. The average molecular weight is 321 g/mol. The van der Waals surface area contributed by atoms with Crippen LogP contribution in [0.5, 0.6) is 0 Å². The van der Waals surface area contributed by atoms with Crippen LogP contribution in [0.25, 0.3) is 10.9 Å². The number of carbonyl (C=O) groups is 2. The first-order valence-electron chi connectivity index (χ1n) is 7.68. The molecule has 0 atom stereocenters. The molecule has 1 amide bonds. The summed E-state index contributed by atoms with van der Waals surface area (Å²) in [6.07, 6.45) is 1.62. The third kappa shape index (κ3) is 2.70. The molecule has 0 unspecified atom stereocenters. The summed E-state index contributed by atoms with van der Waals surface area (Å²) in [4.78, 5) is 26.8. The SMILES string of the molecule is CN(C)C(=O)n1cc(C(=O)c2ccc(CN)cc2)c2ccccc21. The van der Waals surface area contributed by atoms with Crippen molar-refractivity contribution in [2.75, 3.05) is 14.1 Å². The summed E-state index contributed by atoms with van der Waals surface area (Å²) >= 11 is 0. The van der Waals surface area contributed by atoms with E-state index in [1.165, 1.54) is 9.47 Å². The van der Waals surface area contributed by atoms with Crippen molar-refractivity contribution < 1.29 is 9.59 Å². The number of benzene rings is 2. The van der Waals surface area contributed by atoms with E-state index in [0.717, 1.165) is 16.5 Å².